The highest BCUT2D eigenvalue weighted by atomic mass is 16.4. The van der Waals surface area contributed by atoms with Gasteiger partial charge in [0.2, 0.25) is 23.6 Å². The van der Waals surface area contributed by atoms with Crippen LogP contribution in [0.25, 0.3) is 0 Å². The van der Waals surface area contributed by atoms with Crippen molar-refractivity contribution in [2.75, 3.05) is 6.54 Å². The second kappa shape index (κ2) is 12.7. The normalized spacial score (nSPS) is 19.1. The maximum absolute atomic E-state index is 13.0. The van der Waals surface area contributed by atoms with Crippen molar-refractivity contribution in [3.8, 4) is 0 Å². The third kappa shape index (κ3) is 8.33. The van der Waals surface area contributed by atoms with Crippen LogP contribution in [0.5, 0.6) is 0 Å². The molecule has 0 aromatic heterocycles. The lowest BCUT2D eigenvalue weighted by Gasteiger charge is -2.29. The van der Waals surface area contributed by atoms with Crippen LogP contribution < -0.4 is 22.1 Å². The maximum atomic E-state index is 13.0. The molecule has 0 radical (unpaired) electrons. The van der Waals surface area contributed by atoms with Gasteiger partial charge in [0.15, 0.2) is 0 Å². The number of hydrogen-bond donors (Lipinski definition) is 6. The van der Waals surface area contributed by atoms with Gasteiger partial charge in [-0.1, -0.05) is 20.3 Å². The van der Waals surface area contributed by atoms with Gasteiger partial charge in [0.1, 0.15) is 18.1 Å². The number of nitrogens with zero attached hydrogens (tertiary/aromatic N) is 1. The zero-order valence-corrected chi connectivity index (χ0v) is 18.8. The molecule has 0 saturated carbocycles. The number of carboxylic acid groups (broad SMARTS) is 2. The number of nitrogens with one attached hydrogen (secondary N) is 2. The van der Waals surface area contributed by atoms with Crippen molar-refractivity contribution in [3.05, 3.63) is 0 Å². The molecule has 0 bridgehead atoms. The first-order valence-corrected chi connectivity index (χ1v) is 10.8. The molecule has 1 saturated heterocycles. The predicted octanol–water partition coefficient (Wildman–Crippen LogP) is -1.85. The summed E-state index contributed by atoms with van der Waals surface area (Å²) in [5.41, 5.74) is 11.0. The Balaban J connectivity index is 3.05. The Bertz CT molecular complexity index is 774. The van der Waals surface area contributed by atoms with Crippen molar-refractivity contribution in [1.29, 1.82) is 0 Å². The summed E-state index contributed by atoms with van der Waals surface area (Å²) < 4.78 is 0. The fourth-order valence-corrected chi connectivity index (χ4v) is 3.47. The summed E-state index contributed by atoms with van der Waals surface area (Å²) in [5, 5.41) is 23.2. The average molecular weight is 472 g/mol. The summed E-state index contributed by atoms with van der Waals surface area (Å²) in [6, 6.07) is -4.93. The number of carbonyl (C=O) groups excluding carboxylic acids is 4. The van der Waals surface area contributed by atoms with Crippen molar-refractivity contribution in [2.45, 2.75) is 76.5 Å². The molecule has 1 aliphatic heterocycles. The lowest BCUT2D eigenvalue weighted by Crippen LogP contribution is -2.58. The molecule has 5 unspecified atom stereocenters. The first kappa shape index (κ1) is 27.8. The quantitative estimate of drug-likeness (QED) is 0.177. The fraction of sp³-hybridized carbons (Fsp3) is 0.700. The van der Waals surface area contributed by atoms with Crippen molar-refractivity contribution in [3.63, 3.8) is 0 Å². The van der Waals surface area contributed by atoms with Gasteiger partial charge in [0.05, 0.1) is 12.5 Å². The molecule has 0 aromatic carbocycles. The molecule has 0 aliphatic carbocycles. The van der Waals surface area contributed by atoms with Gasteiger partial charge in [-0.3, -0.25) is 24.0 Å². The molecule has 5 atom stereocenters. The SMILES string of the molecule is CCC(C)C(N)C(=O)NC(CC(=O)O)C(=O)NC(CCC(N)=O)C(=O)N1CCCC1C(=O)O. The van der Waals surface area contributed by atoms with Crippen LogP contribution in [0.4, 0.5) is 0 Å². The van der Waals surface area contributed by atoms with Crippen LogP contribution in [0.1, 0.15) is 52.4 Å². The Hall–Kier alpha value is -3.22. The third-order valence-electron chi connectivity index (χ3n) is 5.69. The van der Waals surface area contributed by atoms with Crippen LogP contribution in [-0.4, -0.2) is 81.4 Å². The minimum atomic E-state index is -1.54. The maximum Gasteiger partial charge on any atom is 0.326 e. The molecule has 8 N–H and O–H groups in total. The highest BCUT2D eigenvalue weighted by molar-refractivity contribution is 5.96. The van der Waals surface area contributed by atoms with Crippen molar-refractivity contribution < 1.29 is 39.0 Å². The fourth-order valence-electron chi connectivity index (χ4n) is 3.47. The number of aliphatic carboxylic acids is 2. The molecule has 0 spiro atoms. The van der Waals surface area contributed by atoms with E-state index in [4.69, 9.17) is 16.6 Å². The molecular weight excluding hydrogens is 438 g/mol. The smallest absolute Gasteiger partial charge is 0.326 e. The van der Waals surface area contributed by atoms with Crippen LogP contribution >= 0.6 is 0 Å². The third-order valence-corrected chi connectivity index (χ3v) is 5.69. The van der Waals surface area contributed by atoms with Gasteiger partial charge in [-0.15, -0.1) is 0 Å². The van der Waals surface area contributed by atoms with E-state index in [-0.39, 0.29) is 31.7 Å². The van der Waals surface area contributed by atoms with E-state index in [2.05, 4.69) is 10.6 Å². The molecule has 186 valence electrons. The number of nitrogens with two attached hydrogens (primary N) is 2. The molecule has 1 aliphatic rings. The van der Waals surface area contributed by atoms with Gasteiger partial charge in [0, 0.05) is 13.0 Å². The second-order valence-corrected chi connectivity index (χ2v) is 8.16. The Morgan fingerprint density at radius 3 is 2.18 bits per heavy atom. The molecule has 33 heavy (non-hydrogen) atoms. The van der Waals surface area contributed by atoms with Gasteiger partial charge in [-0.05, 0) is 25.2 Å². The Morgan fingerprint density at radius 1 is 1.06 bits per heavy atom. The highest BCUT2D eigenvalue weighted by Crippen LogP contribution is 2.19. The van der Waals surface area contributed by atoms with Crippen LogP contribution in [0, 0.1) is 5.92 Å². The Morgan fingerprint density at radius 2 is 1.67 bits per heavy atom. The van der Waals surface area contributed by atoms with Crippen LogP contribution in [-0.2, 0) is 28.8 Å². The number of carbonyl (C=O) groups is 6. The molecule has 0 aromatic rings. The first-order valence-electron chi connectivity index (χ1n) is 10.8. The number of amides is 4. The average Bonchev–Trinajstić information content (AvgIpc) is 3.24. The minimum Gasteiger partial charge on any atom is -0.481 e. The summed E-state index contributed by atoms with van der Waals surface area (Å²) in [6.07, 6.45) is -0.00916. The molecule has 1 rings (SSSR count). The van der Waals surface area contributed by atoms with E-state index in [0.717, 1.165) is 4.90 Å². The summed E-state index contributed by atoms with van der Waals surface area (Å²) in [4.78, 5) is 73.2. The summed E-state index contributed by atoms with van der Waals surface area (Å²) in [6.45, 7) is 3.69. The number of primary amides is 1. The highest BCUT2D eigenvalue weighted by Gasteiger charge is 2.38. The van der Waals surface area contributed by atoms with Gasteiger partial charge >= 0.3 is 11.9 Å². The second-order valence-electron chi connectivity index (χ2n) is 8.16. The van der Waals surface area contributed by atoms with Crippen molar-refractivity contribution >= 4 is 35.6 Å². The van der Waals surface area contributed by atoms with Crippen LogP contribution in [0.3, 0.4) is 0 Å². The standard InChI is InChI=1S/C20H33N5O8/c1-3-10(2)16(22)18(30)24-12(9-15(27)28)17(29)23-11(6-7-14(21)26)19(31)25-8-4-5-13(25)20(32)33/h10-13,16H,3-9,22H2,1-2H3,(H2,21,26)(H,23,29)(H,24,30)(H,27,28)(H,32,33). The molecule has 13 nitrogen and oxygen atoms in total. The largest absolute Gasteiger partial charge is 0.481 e. The van der Waals surface area contributed by atoms with E-state index >= 15 is 0 Å². The summed E-state index contributed by atoms with van der Waals surface area (Å²) in [7, 11) is 0. The topological polar surface area (TPSA) is 222 Å². The van der Waals surface area contributed by atoms with Crippen molar-refractivity contribution in [1.82, 2.24) is 15.5 Å². The van der Waals surface area contributed by atoms with E-state index < -0.39 is 66.2 Å². The van der Waals surface area contributed by atoms with Gasteiger partial charge in [-0.25, -0.2) is 4.79 Å². The van der Waals surface area contributed by atoms with Crippen LogP contribution in [0.15, 0.2) is 0 Å². The van der Waals surface area contributed by atoms with Gasteiger partial charge in [0.25, 0.3) is 0 Å². The van der Waals surface area contributed by atoms with E-state index in [1.165, 1.54) is 0 Å². The summed E-state index contributed by atoms with van der Waals surface area (Å²) >= 11 is 0. The molecular formula is C20H33N5O8. The zero-order chi connectivity index (χ0) is 25.3. The van der Waals surface area contributed by atoms with Gasteiger partial charge in [-0.2, -0.15) is 0 Å². The number of carboxylic acids is 2. The zero-order valence-electron chi connectivity index (χ0n) is 18.8. The minimum absolute atomic E-state index is 0.151. The molecule has 1 fully saturated rings. The van der Waals surface area contributed by atoms with E-state index in [9.17, 15) is 33.9 Å². The van der Waals surface area contributed by atoms with Crippen molar-refractivity contribution in [2.24, 2.45) is 17.4 Å². The van der Waals surface area contributed by atoms with Crippen LogP contribution in [0.2, 0.25) is 0 Å². The number of hydrogen-bond acceptors (Lipinski definition) is 7. The van der Waals surface area contributed by atoms with E-state index in [1.54, 1.807) is 6.92 Å². The number of rotatable bonds is 13. The van der Waals surface area contributed by atoms with Gasteiger partial charge < -0.3 is 37.2 Å². The lowest BCUT2D eigenvalue weighted by atomic mass is 9.99. The lowest BCUT2D eigenvalue weighted by molar-refractivity contribution is -0.150. The predicted molar refractivity (Wildman–Crippen MR) is 114 cm³/mol. The van der Waals surface area contributed by atoms with E-state index in [0.29, 0.717) is 12.8 Å². The monoisotopic (exact) mass is 471 g/mol. The molecule has 4 amide bonds. The molecule has 13 heteroatoms. The Labute approximate surface area is 191 Å². The van der Waals surface area contributed by atoms with E-state index in [1.807, 2.05) is 6.92 Å². The summed E-state index contributed by atoms with van der Waals surface area (Å²) in [5.74, 6) is -5.98. The molecule has 1 heterocycles. The first-order chi connectivity index (χ1) is 15.4. The number of likely N-dealkylation sites (tertiary alicyclic amines) is 1. The Kier molecular flexibility index (Phi) is 10.7.